The summed E-state index contributed by atoms with van der Waals surface area (Å²) < 4.78 is 1.43. The Balaban J connectivity index is 1.21. The molecule has 136 valence electrons. The Kier molecular flexibility index (Phi) is 3.55. The third-order valence-electron chi connectivity index (χ3n) is 6.60. The molecule has 26 heavy (non-hydrogen) atoms. The van der Waals surface area contributed by atoms with Gasteiger partial charge in [0.05, 0.1) is 18.1 Å². The molecule has 5 rings (SSSR count). The van der Waals surface area contributed by atoms with Gasteiger partial charge in [-0.3, -0.25) is 4.79 Å². The van der Waals surface area contributed by atoms with E-state index in [0.29, 0.717) is 23.9 Å². The first kappa shape index (κ1) is 15.9. The third kappa shape index (κ3) is 2.59. The lowest BCUT2D eigenvalue weighted by Crippen LogP contribution is -2.49. The van der Waals surface area contributed by atoms with Crippen LogP contribution in [0.3, 0.4) is 0 Å². The van der Waals surface area contributed by atoms with Gasteiger partial charge in [0.2, 0.25) is 0 Å². The molecule has 1 aromatic heterocycles. The summed E-state index contributed by atoms with van der Waals surface area (Å²) in [7, 11) is 0. The molecule has 0 spiro atoms. The average molecular weight is 352 g/mol. The fourth-order valence-electron chi connectivity index (χ4n) is 5.37. The van der Waals surface area contributed by atoms with Crippen LogP contribution in [0.25, 0.3) is 10.8 Å². The molecule has 2 bridgehead atoms. The molecule has 2 amide bonds. The van der Waals surface area contributed by atoms with Crippen molar-refractivity contribution in [2.75, 3.05) is 0 Å². The summed E-state index contributed by atoms with van der Waals surface area (Å²) >= 11 is 0. The molecule has 0 saturated heterocycles. The Morgan fingerprint density at radius 1 is 1.23 bits per heavy atom. The van der Waals surface area contributed by atoms with E-state index in [4.69, 9.17) is 0 Å². The van der Waals surface area contributed by atoms with Gasteiger partial charge in [-0.2, -0.15) is 5.10 Å². The molecular weight excluding hydrogens is 328 g/mol. The zero-order chi connectivity index (χ0) is 17.8. The van der Waals surface area contributed by atoms with Crippen LogP contribution in [-0.2, 0) is 6.54 Å². The topological polar surface area (TPSA) is 76.0 Å². The SMILES string of the molecule is CC(Cn1ncc2ccccc2c1=O)NC(=O)NC1CC2CC1C1CC21. The first-order valence-electron chi connectivity index (χ1n) is 9.62. The predicted octanol–water partition coefficient (Wildman–Crippen LogP) is 2.13. The average Bonchev–Trinajstić information content (AvgIpc) is 3.24. The van der Waals surface area contributed by atoms with Crippen molar-refractivity contribution in [3.8, 4) is 0 Å². The Hall–Kier alpha value is -2.37. The van der Waals surface area contributed by atoms with Gasteiger partial charge < -0.3 is 10.6 Å². The molecule has 2 N–H and O–H groups in total. The number of aromatic nitrogens is 2. The van der Waals surface area contributed by atoms with Crippen LogP contribution >= 0.6 is 0 Å². The lowest BCUT2D eigenvalue weighted by molar-refractivity contribution is 0.224. The Labute approximate surface area is 152 Å². The smallest absolute Gasteiger partial charge is 0.315 e. The molecule has 3 aliphatic carbocycles. The summed E-state index contributed by atoms with van der Waals surface area (Å²) in [6, 6.07) is 7.46. The maximum absolute atomic E-state index is 12.5. The Morgan fingerprint density at radius 2 is 2.08 bits per heavy atom. The molecule has 0 radical (unpaired) electrons. The van der Waals surface area contributed by atoms with Crippen molar-refractivity contribution in [2.45, 2.75) is 44.8 Å². The third-order valence-corrected chi connectivity index (χ3v) is 6.60. The second kappa shape index (κ2) is 5.83. The predicted molar refractivity (Wildman–Crippen MR) is 98.7 cm³/mol. The van der Waals surface area contributed by atoms with E-state index in [1.165, 1.54) is 17.5 Å². The monoisotopic (exact) mass is 352 g/mol. The molecule has 6 atom stereocenters. The fraction of sp³-hybridized carbons (Fsp3) is 0.550. The van der Waals surface area contributed by atoms with E-state index in [0.717, 1.165) is 29.6 Å². The summed E-state index contributed by atoms with van der Waals surface area (Å²) in [6.45, 7) is 2.26. The van der Waals surface area contributed by atoms with Crippen molar-refractivity contribution in [2.24, 2.45) is 23.7 Å². The minimum Gasteiger partial charge on any atom is -0.335 e. The van der Waals surface area contributed by atoms with Crippen LogP contribution in [0.1, 0.15) is 26.2 Å². The summed E-state index contributed by atoms with van der Waals surface area (Å²) in [6.07, 6.45) is 5.51. The number of amides is 2. The molecule has 0 aliphatic heterocycles. The van der Waals surface area contributed by atoms with E-state index >= 15 is 0 Å². The fourth-order valence-corrected chi connectivity index (χ4v) is 5.37. The zero-order valence-electron chi connectivity index (χ0n) is 14.9. The molecule has 2 aromatic rings. The van der Waals surface area contributed by atoms with Gasteiger partial charge in [-0.15, -0.1) is 0 Å². The van der Waals surface area contributed by atoms with Crippen molar-refractivity contribution in [3.05, 3.63) is 40.8 Å². The largest absolute Gasteiger partial charge is 0.335 e. The number of hydrogen-bond acceptors (Lipinski definition) is 3. The maximum atomic E-state index is 12.5. The number of benzene rings is 1. The number of nitrogens with one attached hydrogen (secondary N) is 2. The van der Waals surface area contributed by atoms with Crippen LogP contribution in [0, 0.1) is 23.7 Å². The van der Waals surface area contributed by atoms with Crippen molar-refractivity contribution >= 4 is 16.8 Å². The van der Waals surface area contributed by atoms with E-state index in [1.807, 2.05) is 25.1 Å². The number of rotatable bonds is 4. The summed E-state index contributed by atoms with van der Waals surface area (Å²) in [5.41, 5.74) is -0.120. The lowest BCUT2D eigenvalue weighted by atomic mass is 9.95. The highest BCUT2D eigenvalue weighted by molar-refractivity contribution is 5.80. The van der Waals surface area contributed by atoms with Crippen molar-refractivity contribution in [1.82, 2.24) is 20.4 Å². The molecule has 3 aliphatic rings. The van der Waals surface area contributed by atoms with Crippen LogP contribution in [-0.4, -0.2) is 27.9 Å². The maximum Gasteiger partial charge on any atom is 0.315 e. The minimum atomic E-state index is -0.173. The zero-order valence-corrected chi connectivity index (χ0v) is 14.9. The number of nitrogens with zero attached hydrogens (tertiary/aromatic N) is 2. The number of urea groups is 1. The molecule has 3 saturated carbocycles. The number of carbonyl (C=O) groups excluding carboxylic acids is 1. The molecule has 1 aromatic carbocycles. The van der Waals surface area contributed by atoms with Crippen LogP contribution < -0.4 is 16.2 Å². The van der Waals surface area contributed by atoms with E-state index in [-0.39, 0.29) is 17.6 Å². The van der Waals surface area contributed by atoms with Gasteiger partial charge in [-0.25, -0.2) is 9.48 Å². The first-order chi connectivity index (χ1) is 12.6. The Bertz CT molecular complexity index is 923. The van der Waals surface area contributed by atoms with Crippen LogP contribution in [0.5, 0.6) is 0 Å². The van der Waals surface area contributed by atoms with Crippen LogP contribution in [0.2, 0.25) is 0 Å². The highest BCUT2D eigenvalue weighted by Gasteiger charge is 2.61. The summed E-state index contributed by atoms with van der Waals surface area (Å²) in [4.78, 5) is 24.9. The van der Waals surface area contributed by atoms with Gasteiger partial charge >= 0.3 is 6.03 Å². The number of fused-ring (bicyclic) bond motifs is 6. The van der Waals surface area contributed by atoms with Crippen molar-refractivity contribution in [3.63, 3.8) is 0 Å². The van der Waals surface area contributed by atoms with Crippen molar-refractivity contribution in [1.29, 1.82) is 0 Å². The normalized spacial score (nSPS) is 32.3. The van der Waals surface area contributed by atoms with Gasteiger partial charge in [0.1, 0.15) is 0 Å². The first-order valence-corrected chi connectivity index (χ1v) is 9.62. The van der Waals surface area contributed by atoms with E-state index < -0.39 is 0 Å². The highest BCUT2D eigenvalue weighted by atomic mass is 16.2. The van der Waals surface area contributed by atoms with Crippen LogP contribution in [0.4, 0.5) is 4.79 Å². The quantitative estimate of drug-likeness (QED) is 0.885. The number of hydrogen-bond donors (Lipinski definition) is 2. The molecule has 6 heteroatoms. The molecule has 1 heterocycles. The molecular formula is C20H24N4O2. The second-order valence-corrected chi connectivity index (χ2v) is 8.30. The lowest BCUT2D eigenvalue weighted by Gasteiger charge is -2.24. The van der Waals surface area contributed by atoms with Gasteiger partial charge in [0, 0.05) is 17.5 Å². The van der Waals surface area contributed by atoms with Gasteiger partial charge in [-0.1, -0.05) is 18.2 Å². The van der Waals surface area contributed by atoms with Crippen LogP contribution in [0.15, 0.2) is 35.3 Å². The minimum absolute atomic E-state index is 0.120. The van der Waals surface area contributed by atoms with Gasteiger partial charge in [0.15, 0.2) is 0 Å². The van der Waals surface area contributed by atoms with E-state index in [9.17, 15) is 9.59 Å². The summed E-state index contributed by atoms with van der Waals surface area (Å²) in [5.74, 6) is 3.37. The molecule has 6 unspecified atom stereocenters. The molecule has 3 fully saturated rings. The second-order valence-electron chi connectivity index (χ2n) is 8.30. The summed E-state index contributed by atoms with van der Waals surface area (Å²) in [5, 5.41) is 11.9. The van der Waals surface area contributed by atoms with E-state index in [2.05, 4.69) is 15.7 Å². The highest BCUT2D eigenvalue weighted by Crippen LogP contribution is 2.65. The van der Waals surface area contributed by atoms with Crippen molar-refractivity contribution < 1.29 is 4.79 Å². The number of carbonyl (C=O) groups is 1. The molecule has 6 nitrogen and oxygen atoms in total. The standard InChI is InChI=1S/C20H24N4O2/c1-11(10-24-19(25)14-5-3-2-4-12(14)9-21-24)22-20(26)23-18-7-13-6-17(18)16-8-15(13)16/h2-5,9,11,13,15-18H,6-8,10H2,1H3,(H2,22,23,26). The van der Waals surface area contributed by atoms with E-state index in [1.54, 1.807) is 12.3 Å². The van der Waals surface area contributed by atoms with Gasteiger partial charge in [-0.05, 0) is 55.9 Å². The Morgan fingerprint density at radius 3 is 2.88 bits per heavy atom. The van der Waals surface area contributed by atoms with Gasteiger partial charge in [0.25, 0.3) is 5.56 Å².